The van der Waals surface area contributed by atoms with E-state index in [1.165, 1.54) is 49.5 Å². The second-order valence-electron chi connectivity index (χ2n) is 4.13. The highest BCUT2D eigenvalue weighted by Crippen LogP contribution is 2.27. The molecule has 2 rings (SSSR count). The Kier molecular flexibility index (Phi) is 4.01. The van der Waals surface area contributed by atoms with Crippen molar-refractivity contribution in [2.45, 2.75) is 4.90 Å². The summed E-state index contributed by atoms with van der Waals surface area (Å²) in [7, 11) is -2.31. The lowest BCUT2D eigenvalue weighted by molar-refractivity contribution is 0.594. The molecule has 0 bridgehead atoms. The maximum atomic E-state index is 12.9. The standard InChI is InChI=1S/C13H12BrFN2O2S/c1-17(10-4-2-9(15)3-5-10)20(18,19)11-6-7-13(16)12(14)8-11/h2-8H,16H2,1H3. The zero-order valence-electron chi connectivity index (χ0n) is 10.5. The number of benzene rings is 2. The monoisotopic (exact) mass is 358 g/mol. The Morgan fingerprint density at radius 2 is 1.75 bits per heavy atom. The first-order valence-corrected chi connectivity index (χ1v) is 7.85. The van der Waals surface area contributed by atoms with Gasteiger partial charge in [-0.2, -0.15) is 0 Å². The van der Waals surface area contributed by atoms with Gasteiger partial charge in [-0.3, -0.25) is 4.31 Å². The molecule has 106 valence electrons. The van der Waals surface area contributed by atoms with Gasteiger partial charge < -0.3 is 5.73 Å². The van der Waals surface area contributed by atoms with Gasteiger partial charge in [0, 0.05) is 17.2 Å². The lowest BCUT2D eigenvalue weighted by atomic mass is 10.3. The molecule has 0 radical (unpaired) electrons. The van der Waals surface area contributed by atoms with E-state index in [-0.39, 0.29) is 4.90 Å². The van der Waals surface area contributed by atoms with Crippen molar-refractivity contribution in [3.63, 3.8) is 0 Å². The second-order valence-corrected chi connectivity index (χ2v) is 6.96. The van der Waals surface area contributed by atoms with Gasteiger partial charge in [0.15, 0.2) is 0 Å². The van der Waals surface area contributed by atoms with E-state index >= 15 is 0 Å². The molecule has 2 aromatic rings. The molecule has 0 aliphatic carbocycles. The van der Waals surface area contributed by atoms with Crippen LogP contribution in [0.15, 0.2) is 51.8 Å². The SMILES string of the molecule is CN(c1ccc(F)cc1)S(=O)(=O)c1ccc(N)c(Br)c1. The fourth-order valence-electron chi connectivity index (χ4n) is 1.62. The average molecular weight is 359 g/mol. The smallest absolute Gasteiger partial charge is 0.264 e. The Bertz CT molecular complexity index is 733. The summed E-state index contributed by atoms with van der Waals surface area (Å²) in [5, 5.41) is 0. The average Bonchev–Trinajstić information content (AvgIpc) is 2.41. The molecule has 2 N–H and O–H groups in total. The molecule has 0 saturated heterocycles. The summed E-state index contributed by atoms with van der Waals surface area (Å²) >= 11 is 3.20. The Morgan fingerprint density at radius 3 is 2.30 bits per heavy atom. The van der Waals surface area contributed by atoms with Crippen LogP contribution in [0.5, 0.6) is 0 Å². The van der Waals surface area contributed by atoms with Crippen LogP contribution in [0.4, 0.5) is 15.8 Å². The van der Waals surface area contributed by atoms with Crippen molar-refractivity contribution in [2.24, 2.45) is 0 Å². The number of nitrogen functional groups attached to an aromatic ring is 1. The maximum Gasteiger partial charge on any atom is 0.264 e. The normalized spacial score (nSPS) is 11.3. The lowest BCUT2D eigenvalue weighted by Gasteiger charge is -2.19. The van der Waals surface area contributed by atoms with Crippen molar-refractivity contribution in [2.75, 3.05) is 17.1 Å². The van der Waals surface area contributed by atoms with E-state index in [2.05, 4.69) is 15.9 Å². The molecule has 2 aromatic carbocycles. The van der Waals surface area contributed by atoms with Crippen molar-refractivity contribution in [3.05, 3.63) is 52.8 Å². The fraction of sp³-hybridized carbons (Fsp3) is 0.0769. The molecule has 0 unspecified atom stereocenters. The van der Waals surface area contributed by atoms with E-state index in [1.807, 2.05) is 0 Å². The molecule has 0 heterocycles. The topological polar surface area (TPSA) is 63.4 Å². The highest BCUT2D eigenvalue weighted by Gasteiger charge is 2.21. The molecule has 0 spiro atoms. The number of halogens is 2. The molecule has 7 heteroatoms. The molecule has 0 aliphatic rings. The summed E-state index contributed by atoms with van der Waals surface area (Å²) in [6, 6.07) is 9.59. The molecule has 0 amide bonds. The highest BCUT2D eigenvalue weighted by molar-refractivity contribution is 9.10. The molecule has 0 atom stereocenters. The minimum Gasteiger partial charge on any atom is -0.398 e. The Morgan fingerprint density at radius 1 is 1.15 bits per heavy atom. The summed E-state index contributed by atoms with van der Waals surface area (Å²) in [6.45, 7) is 0. The second kappa shape index (κ2) is 5.41. The summed E-state index contributed by atoms with van der Waals surface area (Å²) in [5.41, 5.74) is 6.47. The van der Waals surface area contributed by atoms with E-state index in [0.29, 0.717) is 15.8 Å². The molecule has 0 aliphatic heterocycles. The third-order valence-electron chi connectivity index (χ3n) is 2.82. The zero-order chi connectivity index (χ0) is 14.9. The molecule has 0 aromatic heterocycles. The van der Waals surface area contributed by atoms with Gasteiger partial charge in [0.2, 0.25) is 0 Å². The van der Waals surface area contributed by atoms with Crippen LogP contribution in [0, 0.1) is 5.82 Å². The summed E-state index contributed by atoms with van der Waals surface area (Å²) in [6.07, 6.45) is 0. The molecule has 20 heavy (non-hydrogen) atoms. The van der Waals surface area contributed by atoms with Gasteiger partial charge in [-0.1, -0.05) is 0 Å². The molecule has 0 fully saturated rings. The van der Waals surface area contributed by atoms with E-state index < -0.39 is 15.8 Å². The van der Waals surface area contributed by atoms with Crippen LogP contribution in [0.3, 0.4) is 0 Å². The van der Waals surface area contributed by atoms with Crippen molar-refractivity contribution in [1.82, 2.24) is 0 Å². The minimum atomic E-state index is -3.72. The van der Waals surface area contributed by atoms with Crippen LogP contribution in [0.25, 0.3) is 0 Å². The number of sulfonamides is 1. The number of hydrogen-bond acceptors (Lipinski definition) is 3. The Labute approximate surface area is 125 Å². The third kappa shape index (κ3) is 2.78. The first-order valence-electron chi connectivity index (χ1n) is 5.62. The third-order valence-corrected chi connectivity index (χ3v) is 5.29. The summed E-state index contributed by atoms with van der Waals surface area (Å²) in [5.74, 6) is -0.422. The molecular weight excluding hydrogens is 347 g/mol. The Hall–Kier alpha value is -1.60. The van der Waals surface area contributed by atoms with Crippen LogP contribution in [0.2, 0.25) is 0 Å². The number of nitrogens with two attached hydrogens (primary N) is 1. The van der Waals surface area contributed by atoms with E-state index in [0.717, 1.165) is 4.31 Å². The van der Waals surface area contributed by atoms with Crippen LogP contribution in [-0.4, -0.2) is 15.5 Å². The number of hydrogen-bond donors (Lipinski definition) is 1. The van der Waals surface area contributed by atoms with Gasteiger partial charge in [-0.05, 0) is 58.4 Å². The van der Waals surface area contributed by atoms with Gasteiger partial charge in [0.1, 0.15) is 5.82 Å². The Balaban J connectivity index is 2.43. The van der Waals surface area contributed by atoms with E-state index in [1.54, 1.807) is 0 Å². The predicted molar refractivity (Wildman–Crippen MR) is 80.5 cm³/mol. The summed E-state index contributed by atoms with van der Waals surface area (Å²) < 4.78 is 39.4. The first-order chi connectivity index (χ1) is 9.32. The van der Waals surface area contributed by atoms with Gasteiger partial charge in [-0.25, -0.2) is 12.8 Å². The number of rotatable bonds is 3. The van der Waals surface area contributed by atoms with E-state index in [4.69, 9.17) is 5.73 Å². The summed E-state index contributed by atoms with van der Waals surface area (Å²) in [4.78, 5) is 0.102. The van der Waals surface area contributed by atoms with Crippen molar-refractivity contribution in [1.29, 1.82) is 0 Å². The highest BCUT2D eigenvalue weighted by atomic mass is 79.9. The van der Waals surface area contributed by atoms with Crippen molar-refractivity contribution < 1.29 is 12.8 Å². The van der Waals surface area contributed by atoms with Crippen molar-refractivity contribution >= 4 is 37.3 Å². The quantitative estimate of drug-likeness (QED) is 0.857. The van der Waals surface area contributed by atoms with Gasteiger partial charge in [0.25, 0.3) is 10.0 Å². The first kappa shape index (κ1) is 14.8. The van der Waals surface area contributed by atoms with Crippen molar-refractivity contribution in [3.8, 4) is 0 Å². The molecule has 4 nitrogen and oxygen atoms in total. The van der Waals surface area contributed by atoms with Gasteiger partial charge in [-0.15, -0.1) is 0 Å². The number of nitrogens with zero attached hydrogens (tertiary/aromatic N) is 1. The minimum absolute atomic E-state index is 0.102. The largest absolute Gasteiger partial charge is 0.398 e. The van der Waals surface area contributed by atoms with E-state index in [9.17, 15) is 12.8 Å². The predicted octanol–water partition coefficient (Wildman–Crippen LogP) is 3.00. The van der Waals surface area contributed by atoms with Crippen LogP contribution in [-0.2, 0) is 10.0 Å². The number of anilines is 2. The molecule has 0 saturated carbocycles. The molecular formula is C13H12BrFN2O2S. The zero-order valence-corrected chi connectivity index (χ0v) is 12.9. The van der Waals surface area contributed by atoms with Crippen LogP contribution in [0.1, 0.15) is 0 Å². The maximum absolute atomic E-state index is 12.9. The fourth-order valence-corrected chi connectivity index (χ4v) is 3.37. The van der Waals surface area contributed by atoms with Crippen LogP contribution >= 0.6 is 15.9 Å². The van der Waals surface area contributed by atoms with Gasteiger partial charge >= 0.3 is 0 Å². The van der Waals surface area contributed by atoms with Gasteiger partial charge in [0.05, 0.1) is 10.6 Å². The lowest BCUT2D eigenvalue weighted by Crippen LogP contribution is -2.26. The van der Waals surface area contributed by atoms with Crippen LogP contribution < -0.4 is 10.0 Å².